The lowest BCUT2D eigenvalue weighted by Crippen LogP contribution is -2.12. The van der Waals surface area contributed by atoms with Gasteiger partial charge in [0.2, 0.25) is 0 Å². The van der Waals surface area contributed by atoms with Crippen molar-refractivity contribution >= 4 is 17.5 Å². The molecule has 0 radical (unpaired) electrons. The number of aldehydes is 1. The maximum absolute atomic E-state index is 11.5. The molecule has 3 heterocycles. The van der Waals surface area contributed by atoms with Crippen molar-refractivity contribution in [3.05, 3.63) is 77.2 Å². The highest BCUT2D eigenvalue weighted by Gasteiger charge is 2.19. The first-order valence-electron chi connectivity index (χ1n) is 13.4. The Bertz CT molecular complexity index is 1590. The van der Waals surface area contributed by atoms with Gasteiger partial charge in [0.25, 0.3) is 0 Å². The number of aromatic nitrogens is 7. The number of fused-ring (bicyclic) bond motifs is 1. The molecule has 3 aromatic heterocycles. The maximum atomic E-state index is 11.5. The molecule has 1 unspecified atom stereocenters. The largest absolute Gasteiger partial charge is 0.357 e. The maximum Gasteiger partial charge on any atom is 0.185 e. The molecule has 0 N–H and O–H groups in total. The third kappa shape index (κ3) is 5.35. The molecule has 0 aliphatic rings. The number of unbranched alkanes of at least 4 members (excludes halogenated alkanes) is 1. The van der Waals surface area contributed by atoms with Gasteiger partial charge in [0.15, 0.2) is 24.0 Å². The Labute approximate surface area is 227 Å². The SMILES string of the molecule is CCCCc1nc2c(C)cc(C=O)nc2n1Cc1ccc(-c2ccccc2-c2nnnn2C(C)OCC)cc1. The van der Waals surface area contributed by atoms with Crippen LogP contribution in [-0.4, -0.2) is 47.6 Å². The summed E-state index contributed by atoms with van der Waals surface area (Å²) in [5.41, 5.74) is 7.16. The molecular weight excluding hydrogens is 490 g/mol. The van der Waals surface area contributed by atoms with Crippen molar-refractivity contribution < 1.29 is 9.53 Å². The van der Waals surface area contributed by atoms with E-state index in [-0.39, 0.29) is 6.23 Å². The van der Waals surface area contributed by atoms with Gasteiger partial charge >= 0.3 is 0 Å². The Morgan fingerprint density at radius 2 is 1.79 bits per heavy atom. The number of hydrogen-bond acceptors (Lipinski definition) is 7. The summed E-state index contributed by atoms with van der Waals surface area (Å²) in [6.45, 7) is 9.23. The second kappa shape index (κ2) is 11.7. The average Bonchev–Trinajstić information content (AvgIpc) is 3.58. The summed E-state index contributed by atoms with van der Waals surface area (Å²) in [7, 11) is 0. The zero-order valence-corrected chi connectivity index (χ0v) is 22.8. The van der Waals surface area contributed by atoms with Crippen LogP contribution >= 0.6 is 0 Å². The van der Waals surface area contributed by atoms with Crippen LogP contribution in [0.15, 0.2) is 54.6 Å². The predicted octanol–water partition coefficient (Wildman–Crippen LogP) is 5.82. The van der Waals surface area contributed by atoms with E-state index in [0.29, 0.717) is 24.7 Å². The van der Waals surface area contributed by atoms with Crippen LogP contribution < -0.4 is 0 Å². The molecule has 2 aromatic carbocycles. The first-order chi connectivity index (χ1) is 19.0. The van der Waals surface area contributed by atoms with Crippen LogP contribution in [0.3, 0.4) is 0 Å². The lowest BCUT2D eigenvalue weighted by molar-refractivity contribution is 0.0159. The molecule has 200 valence electrons. The van der Waals surface area contributed by atoms with Crippen molar-refractivity contribution in [2.45, 2.75) is 59.7 Å². The van der Waals surface area contributed by atoms with Gasteiger partial charge in [-0.05, 0) is 65.9 Å². The minimum atomic E-state index is -0.278. The Morgan fingerprint density at radius 1 is 1.03 bits per heavy atom. The van der Waals surface area contributed by atoms with Crippen LogP contribution in [-0.2, 0) is 17.7 Å². The summed E-state index contributed by atoms with van der Waals surface area (Å²) >= 11 is 0. The van der Waals surface area contributed by atoms with Gasteiger partial charge in [0.1, 0.15) is 17.0 Å². The number of carbonyl (C=O) groups excluding carboxylic acids is 1. The van der Waals surface area contributed by atoms with Crippen molar-refractivity contribution in [1.82, 2.24) is 34.7 Å². The van der Waals surface area contributed by atoms with Gasteiger partial charge in [-0.3, -0.25) is 4.79 Å². The van der Waals surface area contributed by atoms with Crippen LogP contribution in [0.4, 0.5) is 0 Å². The first-order valence-corrected chi connectivity index (χ1v) is 13.4. The molecule has 0 aliphatic carbocycles. The van der Waals surface area contributed by atoms with E-state index in [0.717, 1.165) is 70.4 Å². The fraction of sp³-hybridized carbons (Fsp3) is 0.333. The van der Waals surface area contributed by atoms with Crippen molar-refractivity contribution in [2.24, 2.45) is 0 Å². The van der Waals surface area contributed by atoms with E-state index in [1.54, 1.807) is 10.7 Å². The Hall–Kier alpha value is -4.24. The van der Waals surface area contributed by atoms with Crippen molar-refractivity contribution in [1.29, 1.82) is 0 Å². The molecule has 0 saturated carbocycles. The van der Waals surface area contributed by atoms with Crippen molar-refractivity contribution in [3.63, 3.8) is 0 Å². The molecule has 0 aliphatic heterocycles. The number of rotatable bonds is 11. The molecule has 39 heavy (non-hydrogen) atoms. The summed E-state index contributed by atoms with van der Waals surface area (Å²) in [6.07, 6.45) is 3.51. The molecule has 1 atom stereocenters. The van der Waals surface area contributed by atoms with Crippen molar-refractivity contribution in [2.75, 3.05) is 6.61 Å². The number of imidazole rings is 1. The molecule has 9 nitrogen and oxygen atoms in total. The zero-order chi connectivity index (χ0) is 27.4. The highest BCUT2D eigenvalue weighted by Crippen LogP contribution is 2.32. The summed E-state index contributed by atoms with van der Waals surface area (Å²) in [4.78, 5) is 21.1. The number of tetrazole rings is 1. The predicted molar refractivity (Wildman–Crippen MR) is 150 cm³/mol. The lowest BCUT2D eigenvalue weighted by Gasteiger charge is -2.15. The van der Waals surface area contributed by atoms with E-state index >= 15 is 0 Å². The minimum Gasteiger partial charge on any atom is -0.357 e. The van der Waals surface area contributed by atoms with Crippen LogP contribution in [0.5, 0.6) is 0 Å². The van der Waals surface area contributed by atoms with Crippen molar-refractivity contribution in [3.8, 4) is 22.5 Å². The van der Waals surface area contributed by atoms with E-state index < -0.39 is 0 Å². The fourth-order valence-electron chi connectivity index (χ4n) is 4.89. The highest BCUT2D eigenvalue weighted by molar-refractivity contribution is 5.83. The normalized spacial score (nSPS) is 12.2. The zero-order valence-electron chi connectivity index (χ0n) is 22.8. The van der Waals surface area contributed by atoms with E-state index in [9.17, 15) is 4.79 Å². The van der Waals surface area contributed by atoms with Gasteiger partial charge < -0.3 is 9.30 Å². The van der Waals surface area contributed by atoms with Gasteiger partial charge in [-0.25, -0.2) is 9.97 Å². The third-order valence-corrected chi connectivity index (χ3v) is 6.89. The van der Waals surface area contributed by atoms with Crippen LogP contribution in [0.1, 0.15) is 67.3 Å². The number of carbonyl (C=O) groups is 1. The second-order valence-electron chi connectivity index (χ2n) is 9.62. The van der Waals surface area contributed by atoms with Gasteiger partial charge in [-0.1, -0.05) is 61.9 Å². The molecule has 0 fully saturated rings. The lowest BCUT2D eigenvalue weighted by atomic mass is 9.98. The van der Waals surface area contributed by atoms with Gasteiger partial charge in [-0.2, -0.15) is 4.68 Å². The molecule has 0 saturated heterocycles. The monoisotopic (exact) mass is 523 g/mol. The second-order valence-corrected chi connectivity index (χ2v) is 9.62. The molecule has 5 rings (SSSR count). The third-order valence-electron chi connectivity index (χ3n) is 6.89. The number of pyridine rings is 1. The topological polar surface area (TPSA) is 101 Å². The summed E-state index contributed by atoms with van der Waals surface area (Å²) < 4.78 is 9.59. The van der Waals surface area contributed by atoms with Crippen LogP contribution in [0.25, 0.3) is 33.7 Å². The standard InChI is InChI=1S/C30H33N7O2/c1-5-7-12-27-32-28-20(3)17-24(19-38)31-30(28)36(27)18-22-13-15-23(16-14-22)25-10-8-9-11-26(25)29-33-34-35-37(29)21(4)39-6-2/h8-11,13-17,19,21H,5-7,12,18H2,1-4H3. The van der Waals surface area contributed by atoms with Gasteiger partial charge in [0.05, 0.1) is 6.54 Å². The molecule has 0 spiro atoms. The Balaban J connectivity index is 1.49. The van der Waals surface area contributed by atoms with E-state index in [1.165, 1.54) is 0 Å². The minimum absolute atomic E-state index is 0.278. The number of benzene rings is 2. The number of nitrogens with zero attached hydrogens (tertiary/aromatic N) is 7. The van der Waals surface area contributed by atoms with Gasteiger partial charge in [0, 0.05) is 18.6 Å². The van der Waals surface area contributed by atoms with Crippen LogP contribution in [0.2, 0.25) is 0 Å². The smallest absolute Gasteiger partial charge is 0.185 e. The molecule has 5 aromatic rings. The number of ether oxygens (including phenoxy) is 1. The van der Waals surface area contributed by atoms with Gasteiger partial charge in [-0.15, -0.1) is 5.10 Å². The molecule has 0 bridgehead atoms. The quantitative estimate of drug-likeness (QED) is 0.201. The van der Waals surface area contributed by atoms with E-state index in [2.05, 4.69) is 62.3 Å². The summed E-state index contributed by atoms with van der Waals surface area (Å²) in [5, 5.41) is 12.4. The summed E-state index contributed by atoms with van der Waals surface area (Å²) in [6, 6.07) is 18.4. The van der Waals surface area contributed by atoms with E-state index in [4.69, 9.17) is 9.72 Å². The molecule has 9 heteroatoms. The molecule has 0 amide bonds. The Morgan fingerprint density at radius 3 is 2.51 bits per heavy atom. The van der Waals surface area contributed by atoms with E-state index in [1.807, 2.05) is 39.0 Å². The highest BCUT2D eigenvalue weighted by atomic mass is 16.5. The Kier molecular flexibility index (Phi) is 7.88. The first kappa shape index (κ1) is 26.4. The number of aryl methyl sites for hydroxylation is 2. The molecular formula is C30H33N7O2. The fourth-order valence-corrected chi connectivity index (χ4v) is 4.89. The average molecular weight is 524 g/mol. The number of hydrogen-bond donors (Lipinski definition) is 0. The summed E-state index contributed by atoms with van der Waals surface area (Å²) in [5.74, 6) is 1.66. The van der Waals surface area contributed by atoms with Crippen LogP contribution in [0, 0.1) is 6.92 Å².